The van der Waals surface area contributed by atoms with Gasteiger partial charge in [-0.15, -0.1) is 0 Å². The molecule has 0 unspecified atom stereocenters. The summed E-state index contributed by atoms with van der Waals surface area (Å²) in [5.74, 6) is 0.557. The van der Waals surface area contributed by atoms with Crippen molar-refractivity contribution >= 4 is 5.91 Å². The van der Waals surface area contributed by atoms with Crippen LogP contribution < -0.4 is 4.74 Å². The maximum absolute atomic E-state index is 12.8. The van der Waals surface area contributed by atoms with Crippen molar-refractivity contribution in [2.24, 2.45) is 5.92 Å². The molecule has 4 heterocycles. The van der Waals surface area contributed by atoms with Crippen LogP contribution in [0.3, 0.4) is 0 Å². The molecule has 2 fully saturated rings. The molecular weight excluding hydrogens is 346 g/mol. The van der Waals surface area contributed by atoms with Gasteiger partial charge in [0.25, 0.3) is 5.91 Å². The highest BCUT2D eigenvalue weighted by atomic mass is 16.5. The number of carbonyl (C=O) groups excluding carboxylic acids is 1. The summed E-state index contributed by atoms with van der Waals surface area (Å²) in [4.78, 5) is 22.9. The molecule has 2 aromatic rings. The van der Waals surface area contributed by atoms with E-state index in [0.717, 1.165) is 12.1 Å². The van der Waals surface area contributed by atoms with Crippen LogP contribution in [0.4, 0.5) is 0 Å². The molecule has 0 bridgehead atoms. The van der Waals surface area contributed by atoms with Crippen LogP contribution in [0.1, 0.15) is 22.5 Å². The first-order chi connectivity index (χ1) is 13.2. The number of hydrogen-bond acceptors (Lipinski definition) is 6. The van der Waals surface area contributed by atoms with Crippen molar-refractivity contribution in [3.05, 3.63) is 54.0 Å². The molecule has 0 radical (unpaired) electrons. The van der Waals surface area contributed by atoms with Crippen LogP contribution in [-0.2, 0) is 16.1 Å². The van der Waals surface area contributed by atoms with Crippen molar-refractivity contribution in [1.82, 2.24) is 14.9 Å². The van der Waals surface area contributed by atoms with Crippen molar-refractivity contribution in [1.29, 1.82) is 0 Å². The van der Waals surface area contributed by atoms with Crippen molar-refractivity contribution in [2.45, 2.75) is 18.6 Å². The second-order valence-electron chi connectivity index (χ2n) is 6.96. The number of aromatic nitrogens is 2. The van der Waals surface area contributed by atoms with Gasteiger partial charge in [-0.05, 0) is 30.7 Å². The fourth-order valence-corrected chi connectivity index (χ4v) is 3.79. The minimum absolute atomic E-state index is 0.0748. The van der Waals surface area contributed by atoms with E-state index >= 15 is 0 Å². The SMILES string of the molecule is COc1ncccc1C(=O)N1CC2(C1)OCC[C@@H]2COCc1ccccn1. The molecule has 1 atom stereocenters. The predicted molar refractivity (Wildman–Crippen MR) is 97.4 cm³/mol. The molecule has 0 saturated carbocycles. The molecule has 0 aromatic carbocycles. The summed E-state index contributed by atoms with van der Waals surface area (Å²) in [6, 6.07) is 9.27. The van der Waals surface area contributed by atoms with Crippen LogP contribution in [0.5, 0.6) is 5.88 Å². The van der Waals surface area contributed by atoms with E-state index in [1.807, 2.05) is 18.2 Å². The maximum atomic E-state index is 12.8. The van der Waals surface area contributed by atoms with Crippen LogP contribution in [0.2, 0.25) is 0 Å². The highest BCUT2D eigenvalue weighted by Crippen LogP contribution is 2.41. The predicted octanol–water partition coefficient (Wildman–Crippen LogP) is 1.93. The second kappa shape index (κ2) is 7.62. The minimum atomic E-state index is -0.296. The number of carbonyl (C=O) groups is 1. The smallest absolute Gasteiger partial charge is 0.259 e. The number of pyridine rings is 2. The Hall–Kier alpha value is -2.51. The van der Waals surface area contributed by atoms with Crippen molar-refractivity contribution in [2.75, 3.05) is 33.4 Å². The third kappa shape index (κ3) is 3.52. The summed E-state index contributed by atoms with van der Waals surface area (Å²) in [6.07, 6.45) is 4.32. The summed E-state index contributed by atoms with van der Waals surface area (Å²) in [6.45, 7) is 2.94. The Kier molecular flexibility index (Phi) is 5.05. The first-order valence-corrected chi connectivity index (χ1v) is 9.12. The lowest BCUT2D eigenvalue weighted by atomic mass is 9.81. The lowest BCUT2D eigenvalue weighted by Gasteiger charge is -2.50. The highest BCUT2D eigenvalue weighted by Gasteiger charge is 2.54. The molecule has 2 aliphatic rings. The third-order valence-corrected chi connectivity index (χ3v) is 5.29. The zero-order valence-electron chi connectivity index (χ0n) is 15.3. The Labute approximate surface area is 158 Å². The molecule has 142 valence electrons. The van der Waals surface area contributed by atoms with Gasteiger partial charge in [-0.2, -0.15) is 0 Å². The number of nitrogens with zero attached hydrogens (tertiary/aromatic N) is 3. The number of amides is 1. The topological polar surface area (TPSA) is 73.8 Å². The quantitative estimate of drug-likeness (QED) is 0.775. The summed E-state index contributed by atoms with van der Waals surface area (Å²) in [7, 11) is 1.52. The zero-order valence-corrected chi connectivity index (χ0v) is 15.3. The van der Waals surface area contributed by atoms with E-state index in [1.165, 1.54) is 7.11 Å². The van der Waals surface area contributed by atoms with E-state index < -0.39 is 0 Å². The molecule has 1 amide bonds. The van der Waals surface area contributed by atoms with Gasteiger partial charge in [-0.25, -0.2) is 4.98 Å². The van der Waals surface area contributed by atoms with Crippen LogP contribution >= 0.6 is 0 Å². The Morgan fingerprint density at radius 3 is 2.89 bits per heavy atom. The fourth-order valence-electron chi connectivity index (χ4n) is 3.79. The summed E-state index contributed by atoms with van der Waals surface area (Å²) in [5, 5.41) is 0. The monoisotopic (exact) mass is 369 g/mol. The molecule has 7 heteroatoms. The van der Waals surface area contributed by atoms with E-state index in [4.69, 9.17) is 14.2 Å². The van der Waals surface area contributed by atoms with Gasteiger partial charge in [0.15, 0.2) is 0 Å². The first kappa shape index (κ1) is 17.9. The van der Waals surface area contributed by atoms with Gasteiger partial charge in [-0.3, -0.25) is 9.78 Å². The standard InChI is InChI=1S/C20H23N3O4/c1-25-18-17(6-4-9-22-18)19(24)23-13-20(14-23)15(7-10-27-20)11-26-12-16-5-2-3-8-21-16/h2-6,8-9,15H,7,10-14H2,1H3/t15-/m1/s1. The largest absolute Gasteiger partial charge is 0.480 e. The van der Waals surface area contributed by atoms with Crippen LogP contribution in [0.15, 0.2) is 42.7 Å². The van der Waals surface area contributed by atoms with Gasteiger partial charge in [0, 0.05) is 24.9 Å². The lowest BCUT2D eigenvalue weighted by Crippen LogP contribution is -2.66. The summed E-state index contributed by atoms with van der Waals surface area (Å²) in [5.41, 5.74) is 1.10. The summed E-state index contributed by atoms with van der Waals surface area (Å²) >= 11 is 0. The zero-order chi connectivity index (χ0) is 18.7. The Morgan fingerprint density at radius 1 is 1.26 bits per heavy atom. The van der Waals surface area contributed by atoms with Gasteiger partial charge >= 0.3 is 0 Å². The number of hydrogen-bond donors (Lipinski definition) is 0. The Bertz CT molecular complexity index is 793. The number of ether oxygens (including phenoxy) is 3. The Balaban J connectivity index is 1.34. The van der Waals surface area contributed by atoms with Crippen molar-refractivity contribution < 1.29 is 19.0 Å². The normalized spacial score (nSPS) is 20.5. The number of likely N-dealkylation sites (tertiary alicyclic amines) is 1. The number of rotatable bonds is 6. The molecule has 27 heavy (non-hydrogen) atoms. The molecule has 0 N–H and O–H groups in total. The highest BCUT2D eigenvalue weighted by molar-refractivity contribution is 5.97. The molecule has 7 nitrogen and oxygen atoms in total. The second-order valence-corrected chi connectivity index (χ2v) is 6.96. The average Bonchev–Trinajstić information content (AvgIpc) is 3.11. The van der Waals surface area contributed by atoms with Crippen LogP contribution in [-0.4, -0.2) is 59.8 Å². The average molecular weight is 369 g/mol. The van der Waals surface area contributed by atoms with Gasteiger partial charge in [0.1, 0.15) is 11.2 Å². The lowest BCUT2D eigenvalue weighted by molar-refractivity contribution is -0.129. The minimum Gasteiger partial charge on any atom is -0.480 e. The van der Waals surface area contributed by atoms with Crippen molar-refractivity contribution in [3.8, 4) is 5.88 Å². The molecule has 2 saturated heterocycles. The molecule has 4 rings (SSSR count). The van der Waals surface area contributed by atoms with Crippen molar-refractivity contribution in [3.63, 3.8) is 0 Å². The molecule has 2 aromatic heterocycles. The molecule has 0 aliphatic carbocycles. The van der Waals surface area contributed by atoms with Crippen LogP contribution in [0.25, 0.3) is 0 Å². The molecule has 1 spiro atoms. The van der Waals surface area contributed by atoms with E-state index in [-0.39, 0.29) is 17.4 Å². The van der Waals surface area contributed by atoms with Gasteiger partial charge < -0.3 is 19.1 Å². The number of methoxy groups -OCH3 is 1. The van der Waals surface area contributed by atoms with E-state index in [0.29, 0.717) is 44.4 Å². The van der Waals surface area contributed by atoms with Crippen LogP contribution in [0, 0.1) is 5.92 Å². The van der Waals surface area contributed by atoms with Gasteiger partial charge in [-0.1, -0.05) is 6.07 Å². The van der Waals surface area contributed by atoms with E-state index in [2.05, 4.69) is 9.97 Å². The third-order valence-electron chi connectivity index (χ3n) is 5.29. The summed E-state index contributed by atoms with van der Waals surface area (Å²) < 4.78 is 17.1. The molecule has 2 aliphatic heterocycles. The van der Waals surface area contributed by atoms with Gasteiger partial charge in [0.2, 0.25) is 5.88 Å². The first-order valence-electron chi connectivity index (χ1n) is 9.12. The van der Waals surface area contributed by atoms with Gasteiger partial charge in [0.05, 0.1) is 39.1 Å². The Morgan fingerprint density at radius 2 is 2.11 bits per heavy atom. The van der Waals surface area contributed by atoms with E-state index in [9.17, 15) is 4.79 Å². The maximum Gasteiger partial charge on any atom is 0.259 e. The fraction of sp³-hybridized carbons (Fsp3) is 0.450. The molecular formula is C20H23N3O4. The van der Waals surface area contributed by atoms with E-state index in [1.54, 1.807) is 29.4 Å².